The van der Waals surface area contributed by atoms with E-state index in [0.717, 1.165) is 4.31 Å². The summed E-state index contributed by atoms with van der Waals surface area (Å²) >= 11 is 6.17. The van der Waals surface area contributed by atoms with Crippen LogP contribution in [0.2, 0.25) is 5.02 Å². The number of carbonyl (C=O) groups is 2. The van der Waals surface area contributed by atoms with Gasteiger partial charge in [-0.25, -0.2) is 8.42 Å². The van der Waals surface area contributed by atoms with Crippen LogP contribution < -0.4 is 19.7 Å². The molecule has 1 aliphatic heterocycles. The molecule has 1 N–H and O–H groups in total. The maximum atomic E-state index is 13.1. The maximum absolute atomic E-state index is 13.1. The monoisotopic (exact) mass is 467 g/mol. The van der Waals surface area contributed by atoms with Gasteiger partial charge >= 0.3 is 0 Å². The highest BCUT2D eigenvalue weighted by atomic mass is 35.5. The lowest BCUT2D eigenvalue weighted by molar-refractivity contribution is -0.119. The molecule has 0 radical (unpaired) electrons. The Balaban J connectivity index is 1.82. The van der Waals surface area contributed by atoms with E-state index in [0.29, 0.717) is 18.0 Å². The summed E-state index contributed by atoms with van der Waals surface area (Å²) in [4.78, 5) is 25.5. The molecule has 0 aliphatic carbocycles. The molecule has 9 nitrogen and oxygen atoms in total. The Kier molecular flexibility index (Phi) is 6.73. The average Bonchev–Trinajstić information content (AvgIpc) is 2.74. The molecule has 0 aromatic heterocycles. The molecular formula is C20H22ClN3O6S. The Hall–Kier alpha value is -2.82. The van der Waals surface area contributed by atoms with Crippen molar-refractivity contribution in [3.05, 3.63) is 41.4 Å². The smallest absolute Gasteiger partial charge is 0.262 e. The van der Waals surface area contributed by atoms with E-state index in [4.69, 9.17) is 21.1 Å². The van der Waals surface area contributed by atoms with Gasteiger partial charge in [0.15, 0.2) is 6.61 Å². The van der Waals surface area contributed by atoms with Gasteiger partial charge in [-0.2, -0.15) is 4.31 Å². The molecule has 0 spiro atoms. The summed E-state index contributed by atoms with van der Waals surface area (Å²) in [6, 6.07) is 9.44. The molecule has 0 unspecified atom stereocenters. The van der Waals surface area contributed by atoms with Crippen LogP contribution in [0.4, 0.5) is 11.4 Å². The molecule has 0 saturated heterocycles. The van der Waals surface area contributed by atoms with Crippen LogP contribution in [0.5, 0.6) is 11.5 Å². The van der Waals surface area contributed by atoms with Gasteiger partial charge in [-0.15, -0.1) is 0 Å². The highest BCUT2D eigenvalue weighted by Crippen LogP contribution is 2.36. The van der Waals surface area contributed by atoms with Gasteiger partial charge in [0.25, 0.3) is 5.91 Å². The van der Waals surface area contributed by atoms with Crippen molar-refractivity contribution in [2.45, 2.75) is 11.8 Å². The van der Waals surface area contributed by atoms with E-state index in [1.165, 1.54) is 24.1 Å². The Morgan fingerprint density at radius 2 is 1.94 bits per heavy atom. The van der Waals surface area contributed by atoms with Crippen molar-refractivity contribution in [3.8, 4) is 11.5 Å². The van der Waals surface area contributed by atoms with Gasteiger partial charge in [0.05, 0.1) is 24.4 Å². The summed E-state index contributed by atoms with van der Waals surface area (Å²) < 4.78 is 37.5. The Labute approximate surface area is 185 Å². The molecule has 166 valence electrons. The number of ether oxygens (including phenoxy) is 2. The minimum absolute atomic E-state index is 0.0913. The van der Waals surface area contributed by atoms with E-state index in [-0.39, 0.29) is 33.9 Å². The molecule has 0 bridgehead atoms. The molecular weight excluding hydrogens is 446 g/mol. The van der Waals surface area contributed by atoms with E-state index in [1.54, 1.807) is 38.3 Å². The number of anilines is 2. The molecule has 0 fully saturated rings. The summed E-state index contributed by atoms with van der Waals surface area (Å²) in [5.41, 5.74) is 0.908. The SMILES string of the molecule is CCN(C(=O)CN(C)S(=O)(=O)c1cc2c(cc1Cl)NC(=O)CO2)c1ccc(OC)cc1. The largest absolute Gasteiger partial charge is 0.497 e. The lowest BCUT2D eigenvalue weighted by Crippen LogP contribution is -2.41. The summed E-state index contributed by atoms with van der Waals surface area (Å²) in [7, 11) is -1.26. The van der Waals surface area contributed by atoms with E-state index in [1.807, 2.05) is 0 Å². The number of nitrogens with one attached hydrogen (secondary N) is 1. The minimum Gasteiger partial charge on any atom is -0.497 e. The molecule has 0 atom stereocenters. The first-order valence-electron chi connectivity index (χ1n) is 9.34. The first-order valence-corrected chi connectivity index (χ1v) is 11.2. The number of carbonyl (C=O) groups excluding carboxylic acids is 2. The normalized spacial score (nSPS) is 13.3. The highest BCUT2D eigenvalue weighted by Gasteiger charge is 2.30. The third-order valence-electron chi connectivity index (χ3n) is 4.71. The van der Waals surface area contributed by atoms with E-state index in [9.17, 15) is 18.0 Å². The fraction of sp³-hybridized carbons (Fsp3) is 0.300. The second-order valence-corrected chi connectivity index (χ2v) is 9.13. The predicted molar refractivity (Wildman–Crippen MR) is 116 cm³/mol. The average molecular weight is 468 g/mol. The first kappa shape index (κ1) is 22.9. The predicted octanol–water partition coefficient (Wildman–Crippen LogP) is 2.35. The van der Waals surface area contributed by atoms with Crippen molar-refractivity contribution in [1.29, 1.82) is 0 Å². The fourth-order valence-corrected chi connectivity index (χ4v) is 4.71. The van der Waals surface area contributed by atoms with Gasteiger partial charge in [0, 0.05) is 25.3 Å². The first-order chi connectivity index (χ1) is 14.7. The second kappa shape index (κ2) is 9.13. The highest BCUT2D eigenvalue weighted by molar-refractivity contribution is 7.89. The number of rotatable bonds is 7. The standard InChI is InChI=1S/C20H22ClN3O6S/c1-4-24(13-5-7-14(29-3)8-6-13)20(26)11-23(2)31(27,28)18-10-17-16(9-15(18)21)22-19(25)12-30-17/h5-10H,4,11-12H2,1-3H3,(H,22,25). The van der Waals surface area contributed by atoms with Gasteiger partial charge in [0.2, 0.25) is 15.9 Å². The number of hydrogen-bond acceptors (Lipinski definition) is 6. The quantitative estimate of drug-likeness (QED) is 0.670. The van der Waals surface area contributed by atoms with Crippen LogP contribution in [-0.2, 0) is 19.6 Å². The molecule has 1 heterocycles. The zero-order valence-corrected chi connectivity index (χ0v) is 18.8. The lowest BCUT2D eigenvalue weighted by Gasteiger charge is -2.25. The van der Waals surface area contributed by atoms with Crippen LogP contribution in [0.1, 0.15) is 6.92 Å². The van der Waals surface area contributed by atoms with Crippen molar-refractivity contribution in [2.75, 3.05) is 44.1 Å². The Morgan fingerprint density at radius 3 is 2.55 bits per heavy atom. The number of amides is 2. The summed E-state index contributed by atoms with van der Waals surface area (Å²) in [6.07, 6.45) is 0. The molecule has 1 aliphatic rings. The number of sulfonamides is 1. The maximum Gasteiger partial charge on any atom is 0.262 e. The molecule has 3 rings (SSSR count). The Morgan fingerprint density at radius 1 is 1.26 bits per heavy atom. The minimum atomic E-state index is -4.11. The third-order valence-corrected chi connectivity index (χ3v) is 6.98. The molecule has 11 heteroatoms. The van der Waals surface area contributed by atoms with Gasteiger partial charge < -0.3 is 19.7 Å². The molecule has 2 aromatic carbocycles. The molecule has 2 amide bonds. The number of hydrogen-bond donors (Lipinski definition) is 1. The second-order valence-electron chi connectivity index (χ2n) is 6.71. The van der Waals surface area contributed by atoms with Gasteiger partial charge in [-0.3, -0.25) is 9.59 Å². The molecule has 31 heavy (non-hydrogen) atoms. The van der Waals surface area contributed by atoms with Crippen molar-refractivity contribution in [1.82, 2.24) is 4.31 Å². The summed E-state index contributed by atoms with van der Waals surface area (Å²) in [5.74, 6) is 0.0690. The molecule has 0 saturated carbocycles. The summed E-state index contributed by atoms with van der Waals surface area (Å²) in [5, 5.41) is 2.47. The molecule has 2 aromatic rings. The van der Waals surface area contributed by atoms with Crippen LogP contribution in [0, 0.1) is 0 Å². The van der Waals surface area contributed by atoms with Crippen LogP contribution in [-0.4, -0.2) is 58.4 Å². The van der Waals surface area contributed by atoms with Crippen LogP contribution in [0.15, 0.2) is 41.3 Å². The van der Waals surface area contributed by atoms with Crippen LogP contribution in [0.3, 0.4) is 0 Å². The van der Waals surface area contributed by atoms with Crippen molar-refractivity contribution >= 4 is 44.8 Å². The van der Waals surface area contributed by atoms with Gasteiger partial charge in [-0.1, -0.05) is 11.6 Å². The van der Waals surface area contributed by atoms with Crippen molar-refractivity contribution in [3.63, 3.8) is 0 Å². The number of methoxy groups -OCH3 is 1. The number of fused-ring (bicyclic) bond motifs is 1. The third kappa shape index (κ3) is 4.76. The number of likely N-dealkylation sites (N-methyl/N-ethyl adjacent to an activating group) is 2. The number of benzene rings is 2. The van der Waals surface area contributed by atoms with Gasteiger partial charge in [0.1, 0.15) is 16.4 Å². The van der Waals surface area contributed by atoms with Crippen LogP contribution >= 0.6 is 11.6 Å². The zero-order valence-electron chi connectivity index (χ0n) is 17.2. The topological polar surface area (TPSA) is 105 Å². The summed E-state index contributed by atoms with van der Waals surface area (Å²) in [6.45, 7) is 1.53. The van der Waals surface area contributed by atoms with Crippen LogP contribution in [0.25, 0.3) is 0 Å². The van der Waals surface area contributed by atoms with E-state index >= 15 is 0 Å². The lowest BCUT2D eigenvalue weighted by atomic mass is 10.2. The number of halogens is 1. The van der Waals surface area contributed by atoms with E-state index in [2.05, 4.69) is 5.32 Å². The van der Waals surface area contributed by atoms with Crippen molar-refractivity contribution < 1.29 is 27.5 Å². The fourth-order valence-electron chi connectivity index (χ4n) is 3.07. The van der Waals surface area contributed by atoms with Crippen molar-refractivity contribution in [2.24, 2.45) is 0 Å². The Bertz CT molecular complexity index is 1100. The van der Waals surface area contributed by atoms with E-state index < -0.39 is 22.5 Å². The zero-order chi connectivity index (χ0) is 22.8. The number of nitrogens with zero attached hydrogens (tertiary/aromatic N) is 2. The van der Waals surface area contributed by atoms with Gasteiger partial charge in [-0.05, 0) is 37.3 Å².